The fraction of sp³-hybridized carbons (Fsp3) is 0. The minimum atomic E-state index is 1.16. The van der Waals surface area contributed by atoms with Crippen molar-refractivity contribution in [3.63, 3.8) is 0 Å². The molecule has 0 saturated carbocycles. The highest BCUT2D eigenvalue weighted by atomic mass is 32.2. The molecule has 0 saturated heterocycles. The molecule has 0 amide bonds. The number of aliphatic imine (C=N–C) groups is 2. The van der Waals surface area contributed by atoms with Crippen LogP contribution in [0.2, 0.25) is 0 Å². The minimum Gasteiger partial charge on any atom is -0.263 e. The van der Waals surface area contributed by atoms with Crippen molar-refractivity contribution < 1.29 is 0 Å². The van der Waals surface area contributed by atoms with Gasteiger partial charge in [-0.2, -0.15) is 0 Å². The van der Waals surface area contributed by atoms with E-state index in [9.17, 15) is 0 Å². The molecule has 0 bridgehead atoms. The van der Waals surface area contributed by atoms with Crippen LogP contribution in [0.5, 0.6) is 0 Å². The number of allylic oxidation sites excluding steroid dienone is 2. The van der Waals surface area contributed by atoms with Gasteiger partial charge in [0, 0.05) is 34.6 Å². The summed E-state index contributed by atoms with van der Waals surface area (Å²) in [5.41, 5.74) is 0. The van der Waals surface area contributed by atoms with Crippen LogP contribution in [-0.4, -0.2) is 12.4 Å². The summed E-state index contributed by atoms with van der Waals surface area (Å²) < 4.78 is 0. The van der Waals surface area contributed by atoms with Gasteiger partial charge in [-0.15, -0.1) is 0 Å². The van der Waals surface area contributed by atoms with Crippen LogP contribution in [-0.2, 0) is 0 Å². The van der Waals surface area contributed by atoms with Crippen molar-refractivity contribution in [3.8, 4) is 0 Å². The van der Waals surface area contributed by atoms with Crippen LogP contribution in [0.1, 0.15) is 0 Å². The normalized spacial score (nSPS) is 26.7. The largest absolute Gasteiger partial charge is 0.263 e. The highest BCUT2D eigenvalue weighted by molar-refractivity contribution is 8.10. The van der Waals surface area contributed by atoms with Gasteiger partial charge in [-0.1, -0.05) is 23.5 Å². The summed E-state index contributed by atoms with van der Waals surface area (Å²) in [6, 6.07) is 0. The first-order chi connectivity index (χ1) is 5.97. The van der Waals surface area contributed by atoms with Crippen LogP contribution < -0.4 is 0 Å². The molecule has 12 heavy (non-hydrogen) atoms. The molecule has 0 unspecified atom stereocenters. The quantitative estimate of drug-likeness (QED) is 0.592. The van der Waals surface area contributed by atoms with E-state index in [0.717, 1.165) is 9.81 Å². The first kappa shape index (κ1) is 7.89. The zero-order chi connectivity index (χ0) is 8.23. The summed E-state index contributed by atoms with van der Waals surface area (Å²) >= 11 is 3.35. The maximum atomic E-state index is 4.05. The Morgan fingerprint density at radius 1 is 0.833 bits per heavy atom. The maximum Gasteiger partial charge on any atom is 0.0454 e. The van der Waals surface area contributed by atoms with Crippen LogP contribution in [0.4, 0.5) is 0 Å². The molecule has 0 atom stereocenters. The first-order valence-electron chi connectivity index (χ1n) is 3.41. The second-order valence-electron chi connectivity index (χ2n) is 2.09. The molecular formula is C8H6N2S2. The lowest BCUT2D eigenvalue weighted by atomic mass is 10.5. The zero-order valence-corrected chi connectivity index (χ0v) is 7.81. The van der Waals surface area contributed by atoms with Crippen molar-refractivity contribution in [2.75, 3.05) is 0 Å². The van der Waals surface area contributed by atoms with Crippen molar-refractivity contribution in [2.45, 2.75) is 0 Å². The first-order valence-corrected chi connectivity index (χ1v) is 5.17. The monoisotopic (exact) mass is 194 g/mol. The summed E-state index contributed by atoms with van der Waals surface area (Å²) in [5, 5.41) is 3.93. The molecule has 4 heteroatoms. The Hall–Kier alpha value is -0.740. The van der Waals surface area contributed by atoms with Gasteiger partial charge in [0.05, 0.1) is 0 Å². The average molecular weight is 194 g/mol. The van der Waals surface area contributed by atoms with Crippen molar-refractivity contribution >= 4 is 36.0 Å². The Morgan fingerprint density at radius 3 is 1.67 bits per heavy atom. The molecule has 2 nitrogen and oxygen atoms in total. The molecule has 2 aliphatic rings. The standard InChI is InChI=1S/C8H6N2S2/c1-3-11-7(5-9-1)8-6-10-2-4-12-8/h1-6H. The minimum absolute atomic E-state index is 1.16. The van der Waals surface area contributed by atoms with Crippen LogP contribution in [0.15, 0.2) is 43.0 Å². The predicted molar refractivity (Wildman–Crippen MR) is 57.5 cm³/mol. The third kappa shape index (κ3) is 1.70. The Bertz CT molecular complexity index is 292. The van der Waals surface area contributed by atoms with Gasteiger partial charge in [-0.3, -0.25) is 9.98 Å². The van der Waals surface area contributed by atoms with E-state index in [-0.39, 0.29) is 0 Å². The molecular weight excluding hydrogens is 188 g/mol. The predicted octanol–water partition coefficient (Wildman–Crippen LogP) is 2.78. The second kappa shape index (κ2) is 3.78. The SMILES string of the molecule is C1=CSC(=C2C=NC=CS2)C=N1. The molecule has 0 N–H and O–H groups in total. The van der Waals surface area contributed by atoms with Gasteiger partial charge in [0.1, 0.15) is 0 Å². The highest BCUT2D eigenvalue weighted by Crippen LogP contribution is 2.29. The van der Waals surface area contributed by atoms with E-state index in [2.05, 4.69) is 9.98 Å². The van der Waals surface area contributed by atoms with Gasteiger partial charge >= 0.3 is 0 Å². The maximum absolute atomic E-state index is 4.05. The summed E-state index contributed by atoms with van der Waals surface area (Å²) in [6.45, 7) is 0. The molecule has 0 aliphatic carbocycles. The Morgan fingerprint density at radius 2 is 1.33 bits per heavy atom. The molecule has 60 valence electrons. The van der Waals surface area contributed by atoms with Gasteiger partial charge in [0.15, 0.2) is 0 Å². The van der Waals surface area contributed by atoms with Gasteiger partial charge in [-0.25, -0.2) is 0 Å². The van der Waals surface area contributed by atoms with Gasteiger partial charge in [0.2, 0.25) is 0 Å². The molecule has 0 radical (unpaired) electrons. The topological polar surface area (TPSA) is 24.7 Å². The highest BCUT2D eigenvalue weighted by Gasteiger charge is 2.05. The second-order valence-corrected chi connectivity index (χ2v) is 3.99. The third-order valence-corrected chi connectivity index (χ3v) is 3.11. The van der Waals surface area contributed by atoms with Crippen molar-refractivity contribution in [1.29, 1.82) is 0 Å². The van der Waals surface area contributed by atoms with Crippen LogP contribution in [0.25, 0.3) is 0 Å². The summed E-state index contributed by atoms with van der Waals surface area (Å²) in [7, 11) is 0. The summed E-state index contributed by atoms with van der Waals surface area (Å²) in [4.78, 5) is 10.4. The van der Waals surface area contributed by atoms with Crippen molar-refractivity contribution in [1.82, 2.24) is 0 Å². The van der Waals surface area contributed by atoms with E-state index in [1.807, 2.05) is 23.2 Å². The molecule has 0 aromatic rings. The number of thioether (sulfide) groups is 2. The fourth-order valence-corrected chi connectivity index (χ4v) is 2.23. The van der Waals surface area contributed by atoms with Crippen LogP contribution in [0, 0.1) is 0 Å². The number of hydrogen-bond donors (Lipinski definition) is 0. The zero-order valence-electron chi connectivity index (χ0n) is 6.18. The summed E-state index contributed by atoms with van der Waals surface area (Å²) in [5.74, 6) is 0. The number of nitrogens with zero attached hydrogens (tertiary/aromatic N) is 2. The van der Waals surface area contributed by atoms with E-state index in [1.54, 1.807) is 35.9 Å². The smallest absolute Gasteiger partial charge is 0.0454 e. The molecule has 2 aliphatic heterocycles. The summed E-state index contributed by atoms with van der Waals surface area (Å²) in [6.07, 6.45) is 7.29. The fourth-order valence-electron chi connectivity index (χ4n) is 0.803. The number of hydrogen-bond acceptors (Lipinski definition) is 4. The Balaban J connectivity index is 2.25. The van der Waals surface area contributed by atoms with E-state index in [0.29, 0.717) is 0 Å². The molecule has 0 spiro atoms. The van der Waals surface area contributed by atoms with Gasteiger partial charge in [0.25, 0.3) is 0 Å². The average Bonchev–Trinajstić information content (AvgIpc) is 2.21. The number of rotatable bonds is 0. The molecule has 0 fully saturated rings. The van der Waals surface area contributed by atoms with Crippen LogP contribution >= 0.6 is 23.5 Å². The molecule has 2 rings (SSSR count). The van der Waals surface area contributed by atoms with Crippen molar-refractivity contribution in [3.05, 3.63) is 33.0 Å². The Labute approximate surface area is 79.3 Å². The van der Waals surface area contributed by atoms with Crippen LogP contribution in [0.3, 0.4) is 0 Å². The van der Waals surface area contributed by atoms with E-state index >= 15 is 0 Å². The molecule has 0 aromatic heterocycles. The van der Waals surface area contributed by atoms with E-state index in [4.69, 9.17) is 0 Å². The third-order valence-electron chi connectivity index (χ3n) is 1.31. The van der Waals surface area contributed by atoms with E-state index < -0.39 is 0 Å². The van der Waals surface area contributed by atoms with Gasteiger partial charge in [-0.05, 0) is 10.8 Å². The lowest BCUT2D eigenvalue weighted by Gasteiger charge is -2.06. The molecule has 0 aromatic carbocycles. The lowest BCUT2D eigenvalue weighted by Crippen LogP contribution is -1.90. The molecule has 2 heterocycles. The van der Waals surface area contributed by atoms with Crippen molar-refractivity contribution in [2.24, 2.45) is 9.98 Å². The van der Waals surface area contributed by atoms with Gasteiger partial charge < -0.3 is 0 Å². The van der Waals surface area contributed by atoms with E-state index in [1.165, 1.54) is 0 Å². The lowest BCUT2D eigenvalue weighted by molar-refractivity contribution is 1.59. The Kier molecular flexibility index (Phi) is 2.48.